The average Bonchev–Trinajstić information content (AvgIpc) is 2.79. The van der Waals surface area contributed by atoms with E-state index >= 15 is 0 Å². The predicted molar refractivity (Wildman–Crippen MR) is 127 cm³/mol. The van der Waals surface area contributed by atoms with Crippen LogP contribution in [0.15, 0.2) is 84.9 Å². The van der Waals surface area contributed by atoms with Crippen LogP contribution in [0.1, 0.15) is 44.7 Å². The van der Waals surface area contributed by atoms with Crippen molar-refractivity contribution in [3.63, 3.8) is 0 Å². The molecule has 0 amide bonds. The van der Waals surface area contributed by atoms with E-state index in [0.717, 1.165) is 34.8 Å². The first-order valence-electron chi connectivity index (χ1n) is 10.7. The number of hydrogen-bond acceptors (Lipinski definition) is 3. The molecule has 0 aliphatic heterocycles. The third kappa shape index (κ3) is 6.08. The number of hydrogen-bond donors (Lipinski definition) is 0. The summed E-state index contributed by atoms with van der Waals surface area (Å²) in [6.07, 6.45) is 5.68. The number of rotatable bonds is 10. The van der Waals surface area contributed by atoms with E-state index in [2.05, 4.69) is 13.0 Å². The zero-order valence-electron chi connectivity index (χ0n) is 18.5. The molecule has 0 heterocycles. The molecule has 0 N–H and O–H groups in total. The van der Waals surface area contributed by atoms with E-state index in [1.54, 1.807) is 6.92 Å². The number of Topliss-reactive ketones (excluding diaryl/α,β-unsaturated/α-hetero) is 1. The minimum absolute atomic E-state index is 0.139. The lowest BCUT2D eigenvalue weighted by Gasteiger charge is -2.26. The predicted octanol–water partition coefficient (Wildman–Crippen LogP) is 7.22. The molecule has 3 heteroatoms. The van der Waals surface area contributed by atoms with Crippen molar-refractivity contribution in [1.82, 2.24) is 0 Å². The van der Waals surface area contributed by atoms with Crippen molar-refractivity contribution in [2.75, 3.05) is 6.61 Å². The fourth-order valence-electron chi connectivity index (χ4n) is 3.34. The zero-order valence-corrected chi connectivity index (χ0v) is 18.5. The molecule has 3 aromatic rings. The Bertz CT molecular complexity index is 1010. The normalized spacial score (nSPS) is 13.0. The van der Waals surface area contributed by atoms with E-state index in [-0.39, 0.29) is 5.78 Å². The van der Waals surface area contributed by atoms with Gasteiger partial charge in [-0.3, -0.25) is 4.79 Å². The summed E-state index contributed by atoms with van der Waals surface area (Å²) in [5.74, 6) is 2.56. The molecule has 0 spiro atoms. The standard InChI is InChI=1S/C28H30O3/c1-4-20-30-25-17-15-24(16-18-25)28(3,22(2)29)19-9-11-23-10-8-14-27(21-23)31-26-12-6-5-7-13-26/h5-18,21H,4,19-20H2,1-3H3. The molecule has 160 valence electrons. The van der Waals surface area contributed by atoms with Crippen LogP contribution in [0, 0.1) is 0 Å². The maximum atomic E-state index is 12.5. The van der Waals surface area contributed by atoms with Gasteiger partial charge >= 0.3 is 0 Å². The fourth-order valence-corrected chi connectivity index (χ4v) is 3.34. The molecule has 3 aromatic carbocycles. The molecule has 0 radical (unpaired) electrons. The Morgan fingerprint density at radius 3 is 2.29 bits per heavy atom. The molecule has 0 aliphatic rings. The molecule has 0 aromatic heterocycles. The third-order valence-corrected chi connectivity index (χ3v) is 5.41. The first-order valence-corrected chi connectivity index (χ1v) is 10.7. The Hall–Kier alpha value is -3.33. The number of carbonyl (C=O) groups is 1. The van der Waals surface area contributed by atoms with E-state index < -0.39 is 5.41 Å². The van der Waals surface area contributed by atoms with Gasteiger partial charge in [-0.2, -0.15) is 0 Å². The van der Waals surface area contributed by atoms with Gasteiger partial charge < -0.3 is 9.47 Å². The van der Waals surface area contributed by atoms with Crippen molar-refractivity contribution >= 4 is 11.9 Å². The van der Waals surface area contributed by atoms with Gasteiger partial charge in [0.1, 0.15) is 23.0 Å². The number of para-hydroxylation sites is 1. The lowest BCUT2D eigenvalue weighted by atomic mass is 9.76. The lowest BCUT2D eigenvalue weighted by Crippen LogP contribution is -2.29. The van der Waals surface area contributed by atoms with E-state index in [1.807, 2.05) is 91.9 Å². The second-order valence-corrected chi connectivity index (χ2v) is 7.86. The maximum Gasteiger partial charge on any atom is 0.140 e. The summed E-state index contributed by atoms with van der Waals surface area (Å²) in [6.45, 7) is 6.43. The first kappa shape index (κ1) is 22.4. The molecule has 0 saturated heterocycles. The SMILES string of the molecule is CCCOc1ccc(C(C)(CC=Cc2cccc(Oc3ccccc3)c2)C(C)=O)cc1. The van der Waals surface area contributed by atoms with Crippen LogP contribution in [0.25, 0.3) is 6.08 Å². The Morgan fingerprint density at radius 1 is 0.903 bits per heavy atom. The molecule has 31 heavy (non-hydrogen) atoms. The van der Waals surface area contributed by atoms with Crippen molar-refractivity contribution in [1.29, 1.82) is 0 Å². The van der Waals surface area contributed by atoms with Gasteiger partial charge in [-0.1, -0.05) is 61.5 Å². The largest absolute Gasteiger partial charge is 0.494 e. The number of carbonyl (C=O) groups excluding carboxylic acids is 1. The molecule has 3 nitrogen and oxygen atoms in total. The Morgan fingerprint density at radius 2 is 1.61 bits per heavy atom. The quantitative estimate of drug-likeness (QED) is 0.351. The molecule has 1 atom stereocenters. The molecular weight excluding hydrogens is 384 g/mol. The van der Waals surface area contributed by atoms with Crippen LogP contribution < -0.4 is 9.47 Å². The highest BCUT2D eigenvalue weighted by molar-refractivity contribution is 5.88. The summed E-state index contributed by atoms with van der Waals surface area (Å²) in [6, 6.07) is 25.5. The van der Waals surface area contributed by atoms with Crippen LogP contribution in [0.4, 0.5) is 0 Å². The number of ketones is 1. The lowest BCUT2D eigenvalue weighted by molar-refractivity contribution is -0.121. The molecule has 0 bridgehead atoms. The van der Waals surface area contributed by atoms with Gasteiger partial charge in [0.05, 0.1) is 12.0 Å². The fraction of sp³-hybridized carbons (Fsp3) is 0.250. The summed E-state index contributed by atoms with van der Waals surface area (Å²) in [4.78, 5) is 12.5. The summed E-state index contributed by atoms with van der Waals surface area (Å²) >= 11 is 0. The van der Waals surface area contributed by atoms with Crippen LogP contribution in [0.3, 0.4) is 0 Å². The highest BCUT2D eigenvalue weighted by Crippen LogP contribution is 2.31. The minimum Gasteiger partial charge on any atom is -0.494 e. The maximum absolute atomic E-state index is 12.5. The molecule has 0 fully saturated rings. The van der Waals surface area contributed by atoms with Gasteiger partial charge in [0.25, 0.3) is 0 Å². The molecule has 1 unspecified atom stereocenters. The minimum atomic E-state index is -0.585. The summed E-state index contributed by atoms with van der Waals surface area (Å²) in [5.41, 5.74) is 1.44. The summed E-state index contributed by atoms with van der Waals surface area (Å²) in [5, 5.41) is 0. The van der Waals surface area contributed by atoms with E-state index in [1.165, 1.54) is 0 Å². The number of allylic oxidation sites excluding steroid dienone is 1. The smallest absolute Gasteiger partial charge is 0.140 e. The molecular formula is C28H30O3. The molecule has 0 saturated carbocycles. The van der Waals surface area contributed by atoms with E-state index in [0.29, 0.717) is 13.0 Å². The van der Waals surface area contributed by atoms with Crippen LogP contribution in [-0.4, -0.2) is 12.4 Å². The van der Waals surface area contributed by atoms with Crippen molar-refractivity contribution in [3.05, 3.63) is 96.1 Å². The second kappa shape index (κ2) is 10.6. The number of ether oxygens (including phenoxy) is 2. The van der Waals surface area contributed by atoms with Gasteiger partial charge in [-0.15, -0.1) is 0 Å². The van der Waals surface area contributed by atoms with Gasteiger partial charge in [0.2, 0.25) is 0 Å². The van der Waals surface area contributed by atoms with E-state index in [4.69, 9.17) is 9.47 Å². The van der Waals surface area contributed by atoms with Crippen LogP contribution >= 0.6 is 0 Å². The van der Waals surface area contributed by atoms with Crippen LogP contribution in [-0.2, 0) is 10.2 Å². The molecule has 3 rings (SSSR count). The first-order chi connectivity index (χ1) is 15.0. The molecule has 0 aliphatic carbocycles. The van der Waals surface area contributed by atoms with Crippen molar-refractivity contribution in [2.45, 2.75) is 39.0 Å². The zero-order chi connectivity index (χ0) is 22.1. The van der Waals surface area contributed by atoms with Gasteiger partial charge in [-0.05, 0) is 74.2 Å². The Labute approximate surface area is 185 Å². The Balaban J connectivity index is 1.71. The summed E-state index contributed by atoms with van der Waals surface area (Å²) in [7, 11) is 0. The third-order valence-electron chi connectivity index (χ3n) is 5.41. The number of benzene rings is 3. The van der Waals surface area contributed by atoms with Gasteiger partial charge in [0, 0.05) is 0 Å². The van der Waals surface area contributed by atoms with Crippen molar-refractivity contribution in [3.8, 4) is 17.2 Å². The monoisotopic (exact) mass is 414 g/mol. The van der Waals surface area contributed by atoms with Crippen molar-refractivity contribution in [2.24, 2.45) is 0 Å². The van der Waals surface area contributed by atoms with Gasteiger partial charge in [0.15, 0.2) is 0 Å². The van der Waals surface area contributed by atoms with Crippen LogP contribution in [0.2, 0.25) is 0 Å². The Kier molecular flexibility index (Phi) is 7.66. The van der Waals surface area contributed by atoms with Crippen molar-refractivity contribution < 1.29 is 14.3 Å². The van der Waals surface area contributed by atoms with E-state index in [9.17, 15) is 4.79 Å². The topological polar surface area (TPSA) is 35.5 Å². The van der Waals surface area contributed by atoms with Gasteiger partial charge in [-0.25, -0.2) is 0 Å². The summed E-state index contributed by atoms with van der Waals surface area (Å²) < 4.78 is 11.6. The van der Waals surface area contributed by atoms with Crippen LogP contribution in [0.5, 0.6) is 17.2 Å². The second-order valence-electron chi connectivity index (χ2n) is 7.86. The highest BCUT2D eigenvalue weighted by atomic mass is 16.5. The highest BCUT2D eigenvalue weighted by Gasteiger charge is 2.30. The average molecular weight is 415 g/mol.